The van der Waals surface area contributed by atoms with Gasteiger partial charge < -0.3 is 10.4 Å². The molecule has 4 nitrogen and oxygen atoms in total. The van der Waals surface area contributed by atoms with Crippen LogP contribution in [0.5, 0.6) is 0 Å². The van der Waals surface area contributed by atoms with Crippen LogP contribution < -0.4 is 5.32 Å². The highest BCUT2D eigenvalue weighted by Gasteiger charge is 2.12. The van der Waals surface area contributed by atoms with Crippen LogP contribution in [0.1, 0.15) is 19.8 Å². The molecule has 0 aromatic heterocycles. The van der Waals surface area contributed by atoms with Crippen LogP contribution in [0.25, 0.3) is 0 Å². The Kier molecular flexibility index (Phi) is 5.71. The maximum absolute atomic E-state index is 11.7. The van der Waals surface area contributed by atoms with Gasteiger partial charge in [-0.05, 0) is 30.4 Å². The lowest BCUT2D eigenvalue weighted by Gasteiger charge is -2.10. The van der Waals surface area contributed by atoms with Gasteiger partial charge in [0.1, 0.15) is 0 Å². The van der Waals surface area contributed by atoms with E-state index in [1.807, 2.05) is 30.5 Å². The number of aliphatic carboxylic acids is 1. The topological polar surface area (TPSA) is 66.4 Å². The van der Waals surface area contributed by atoms with Gasteiger partial charge in [-0.15, -0.1) is 11.8 Å². The Morgan fingerprint density at radius 2 is 2.11 bits per heavy atom. The Balaban J connectivity index is 2.51. The number of amides is 1. The predicted octanol–water partition coefficient (Wildman–Crippen LogP) is 2.85. The number of anilines is 1. The summed E-state index contributed by atoms with van der Waals surface area (Å²) >= 11 is 1.60. The van der Waals surface area contributed by atoms with E-state index in [0.717, 1.165) is 10.6 Å². The van der Waals surface area contributed by atoms with Crippen molar-refractivity contribution in [3.8, 4) is 0 Å². The van der Waals surface area contributed by atoms with Gasteiger partial charge in [0, 0.05) is 23.4 Å². The van der Waals surface area contributed by atoms with E-state index in [9.17, 15) is 9.59 Å². The maximum atomic E-state index is 11.7. The van der Waals surface area contributed by atoms with Crippen molar-refractivity contribution in [3.63, 3.8) is 0 Å². The van der Waals surface area contributed by atoms with Gasteiger partial charge in [-0.3, -0.25) is 9.59 Å². The van der Waals surface area contributed by atoms with E-state index in [0.29, 0.717) is 0 Å². The average Bonchev–Trinajstić information content (AvgIpc) is 2.27. The zero-order chi connectivity index (χ0) is 13.5. The Hall–Kier alpha value is -1.49. The van der Waals surface area contributed by atoms with Crippen molar-refractivity contribution in [3.05, 3.63) is 24.3 Å². The van der Waals surface area contributed by atoms with E-state index in [1.165, 1.54) is 0 Å². The van der Waals surface area contributed by atoms with Crippen molar-refractivity contribution >= 4 is 29.3 Å². The molecule has 0 bridgehead atoms. The summed E-state index contributed by atoms with van der Waals surface area (Å²) in [6.07, 6.45) is 2.20. The first-order valence-corrected chi connectivity index (χ1v) is 6.89. The number of hydrogen-bond donors (Lipinski definition) is 2. The molecule has 1 aromatic carbocycles. The summed E-state index contributed by atoms with van der Waals surface area (Å²) in [7, 11) is 0. The first kappa shape index (κ1) is 14.6. The number of carbonyl (C=O) groups is 2. The number of hydrogen-bond acceptors (Lipinski definition) is 3. The molecule has 0 saturated heterocycles. The molecule has 0 saturated carbocycles. The van der Waals surface area contributed by atoms with Crippen molar-refractivity contribution in [2.75, 3.05) is 11.6 Å². The van der Waals surface area contributed by atoms with Crippen molar-refractivity contribution < 1.29 is 14.7 Å². The molecule has 2 N–H and O–H groups in total. The lowest BCUT2D eigenvalue weighted by atomic mass is 10.0. The van der Waals surface area contributed by atoms with Crippen LogP contribution >= 0.6 is 11.8 Å². The Labute approximate surface area is 111 Å². The molecule has 0 aliphatic rings. The second kappa shape index (κ2) is 7.06. The third-order valence-electron chi connectivity index (χ3n) is 2.41. The van der Waals surface area contributed by atoms with Crippen molar-refractivity contribution in [1.82, 2.24) is 0 Å². The van der Waals surface area contributed by atoms with Crippen molar-refractivity contribution in [1.29, 1.82) is 0 Å². The lowest BCUT2D eigenvalue weighted by Crippen LogP contribution is -2.16. The second-order valence-electron chi connectivity index (χ2n) is 4.19. The molecule has 0 fully saturated rings. The maximum Gasteiger partial charge on any atom is 0.303 e. The minimum atomic E-state index is -0.875. The molecule has 0 spiro atoms. The molecule has 1 amide bonds. The fraction of sp³-hybridized carbons (Fsp3) is 0.385. The predicted molar refractivity (Wildman–Crippen MR) is 72.9 cm³/mol. The molecule has 0 radical (unpaired) electrons. The summed E-state index contributed by atoms with van der Waals surface area (Å²) in [6, 6.07) is 7.55. The molecule has 18 heavy (non-hydrogen) atoms. The number of benzene rings is 1. The van der Waals surface area contributed by atoms with Crippen molar-refractivity contribution in [2.45, 2.75) is 24.7 Å². The smallest absolute Gasteiger partial charge is 0.303 e. The third-order valence-corrected chi connectivity index (χ3v) is 3.14. The van der Waals surface area contributed by atoms with Gasteiger partial charge in [-0.2, -0.15) is 0 Å². The highest BCUT2D eigenvalue weighted by Crippen LogP contribution is 2.19. The van der Waals surface area contributed by atoms with Crippen LogP contribution in [-0.4, -0.2) is 23.2 Å². The largest absolute Gasteiger partial charge is 0.481 e. The summed E-state index contributed by atoms with van der Waals surface area (Å²) in [5.41, 5.74) is 0.745. The van der Waals surface area contributed by atoms with E-state index in [4.69, 9.17) is 5.11 Å². The average molecular weight is 267 g/mol. The molecular formula is C13H17NO3S. The summed E-state index contributed by atoms with van der Waals surface area (Å²) in [6.45, 7) is 1.76. The molecule has 0 heterocycles. The number of nitrogens with one attached hydrogen (secondary N) is 1. The number of thioether (sulfide) groups is 1. The molecular weight excluding hydrogens is 250 g/mol. The van der Waals surface area contributed by atoms with Crippen LogP contribution in [0.4, 0.5) is 5.69 Å². The van der Waals surface area contributed by atoms with Crippen molar-refractivity contribution in [2.24, 2.45) is 5.92 Å². The highest BCUT2D eigenvalue weighted by molar-refractivity contribution is 7.98. The van der Waals surface area contributed by atoms with E-state index in [2.05, 4.69) is 5.32 Å². The third kappa shape index (κ3) is 5.23. The molecule has 1 atom stereocenters. The fourth-order valence-corrected chi connectivity index (χ4v) is 2.06. The van der Waals surface area contributed by atoms with E-state index in [-0.39, 0.29) is 24.7 Å². The first-order valence-electron chi connectivity index (χ1n) is 5.67. The van der Waals surface area contributed by atoms with Gasteiger partial charge in [0.2, 0.25) is 5.91 Å². The number of carbonyl (C=O) groups excluding carboxylic acids is 1. The highest BCUT2D eigenvalue weighted by atomic mass is 32.2. The summed E-state index contributed by atoms with van der Waals surface area (Å²) < 4.78 is 0. The molecule has 1 rings (SSSR count). The van der Waals surface area contributed by atoms with Crippen LogP contribution in [0.2, 0.25) is 0 Å². The molecule has 98 valence electrons. The second-order valence-corrected chi connectivity index (χ2v) is 5.07. The molecule has 1 aromatic rings. The van der Waals surface area contributed by atoms with Gasteiger partial charge in [-0.25, -0.2) is 0 Å². The minimum absolute atomic E-state index is 0.0122. The number of rotatable bonds is 6. The first-order chi connectivity index (χ1) is 8.51. The molecule has 0 aliphatic heterocycles. The minimum Gasteiger partial charge on any atom is -0.481 e. The van der Waals surface area contributed by atoms with Gasteiger partial charge in [0.05, 0.1) is 0 Å². The zero-order valence-electron chi connectivity index (χ0n) is 10.5. The molecule has 1 unspecified atom stereocenters. The Bertz CT molecular complexity index is 434. The Morgan fingerprint density at radius 3 is 2.72 bits per heavy atom. The monoisotopic (exact) mass is 267 g/mol. The standard InChI is InChI=1S/C13H17NO3S/c1-9(7-13(16)17)6-12(15)14-10-4-3-5-11(8-10)18-2/h3-5,8-9H,6-7H2,1-2H3,(H,14,15)(H,16,17). The number of carboxylic acid groups (broad SMARTS) is 1. The SMILES string of the molecule is CSc1cccc(NC(=O)CC(C)CC(=O)O)c1. The summed E-state index contributed by atoms with van der Waals surface area (Å²) in [5, 5.41) is 11.4. The van der Waals surface area contributed by atoms with E-state index in [1.54, 1.807) is 18.7 Å². The molecule has 5 heteroatoms. The zero-order valence-corrected chi connectivity index (χ0v) is 11.3. The normalized spacial score (nSPS) is 11.9. The molecule has 0 aliphatic carbocycles. The van der Waals surface area contributed by atoms with Crippen LogP contribution in [0, 0.1) is 5.92 Å². The Morgan fingerprint density at radius 1 is 1.39 bits per heavy atom. The number of carboxylic acids is 1. The van der Waals surface area contributed by atoms with Crippen LogP contribution in [0.15, 0.2) is 29.2 Å². The van der Waals surface area contributed by atoms with E-state index < -0.39 is 5.97 Å². The van der Waals surface area contributed by atoms with E-state index >= 15 is 0 Å². The van der Waals surface area contributed by atoms with Gasteiger partial charge in [-0.1, -0.05) is 13.0 Å². The van der Waals surface area contributed by atoms with Crippen LogP contribution in [0.3, 0.4) is 0 Å². The summed E-state index contributed by atoms with van der Waals surface area (Å²) in [5.74, 6) is -1.19. The fourth-order valence-electron chi connectivity index (χ4n) is 1.60. The van der Waals surface area contributed by atoms with Crippen LogP contribution in [-0.2, 0) is 9.59 Å². The van der Waals surface area contributed by atoms with Gasteiger partial charge in [0.15, 0.2) is 0 Å². The quantitative estimate of drug-likeness (QED) is 0.778. The summed E-state index contributed by atoms with van der Waals surface area (Å²) in [4.78, 5) is 23.3. The van der Waals surface area contributed by atoms with Gasteiger partial charge >= 0.3 is 5.97 Å². The van der Waals surface area contributed by atoms with Gasteiger partial charge in [0.25, 0.3) is 0 Å². The lowest BCUT2D eigenvalue weighted by molar-refractivity contribution is -0.138.